The van der Waals surface area contributed by atoms with Crippen molar-refractivity contribution in [2.75, 3.05) is 43.4 Å². The number of aliphatic imine (C=N–C) groups is 1. The minimum atomic E-state index is -3.52. The number of rotatable bonds is 5. The Kier molecular flexibility index (Phi) is 5.84. The standard InChI is InChI=1S/C17H21FN6O2S/c18-14-2-4-15(5-3-14)27(25,26)13-8-20-16(19)23-9-11-24(12-10-23)17-21-6-1-7-22-17/h1-7H,8-13H2,(H2,19,20). The van der Waals surface area contributed by atoms with Gasteiger partial charge < -0.3 is 15.5 Å². The molecule has 0 spiro atoms. The van der Waals surface area contributed by atoms with Gasteiger partial charge in [-0.2, -0.15) is 0 Å². The van der Waals surface area contributed by atoms with Crippen molar-refractivity contribution in [2.45, 2.75) is 4.90 Å². The lowest BCUT2D eigenvalue weighted by molar-refractivity contribution is 0.378. The molecular formula is C17H21FN6O2S. The zero-order valence-corrected chi connectivity index (χ0v) is 15.5. The van der Waals surface area contributed by atoms with Gasteiger partial charge in [0.1, 0.15) is 5.82 Å². The second kappa shape index (κ2) is 8.30. The van der Waals surface area contributed by atoms with E-state index < -0.39 is 15.7 Å². The van der Waals surface area contributed by atoms with Crippen molar-refractivity contribution in [3.05, 3.63) is 48.5 Å². The molecule has 1 aromatic heterocycles. The monoisotopic (exact) mass is 392 g/mol. The van der Waals surface area contributed by atoms with Crippen LogP contribution in [0, 0.1) is 5.82 Å². The molecule has 144 valence electrons. The molecule has 0 bridgehead atoms. The number of benzene rings is 1. The summed E-state index contributed by atoms with van der Waals surface area (Å²) < 4.78 is 37.4. The normalized spacial score (nSPS) is 15.8. The minimum absolute atomic E-state index is 0.0492. The average Bonchev–Trinajstić information content (AvgIpc) is 2.69. The highest BCUT2D eigenvalue weighted by Crippen LogP contribution is 2.12. The maximum atomic E-state index is 12.9. The summed E-state index contributed by atoms with van der Waals surface area (Å²) >= 11 is 0. The van der Waals surface area contributed by atoms with Crippen molar-refractivity contribution in [1.82, 2.24) is 14.9 Å². The number of aromatic nitrogens is 2. The molecule has 1 saturated heterocycles. The van der Waals surface area contributed by atoms with Gasteiger partial charge in [-0.25, -0.2) is 22.8 Å². The van der Waals surface area contributed by atoms with Crippen LogP contribution in [0.2, 0.25) is 0 Å². The fourth-order valence-electron chi connectivity index (χ4n) is 2.73. The van der Waals surface area contributed by atoms with Crippen LogP contribution in [0.15, 0.2) is 52.6 Å². The molecule has 1 aliphatic heterocycles. The van der Waals surface area contributed by atoms with Gasteiger partial charge in [-0.15, -0.1) is 0 Å². The molecule has 2 N–H and O–H groups in total. The number of nitrogens with two attached hydrogens (primary N) is 1. The van der Waals surface area contributed by atoms with E-state index in [2.05, 4.69) is 19.9 Å². The van der Waals surface area contributed by atoms with Gasteiger partial charge in [0.05, 0.1) is 17.2 Å². The summed E-state index contributed by atoms with van der Waals surface area (Å²) in [5.74, 6) is 0.337. The maximum absolute atomic E-state index is 12.9. The molecule has 2 aromatic rings. The molecular weight excluding hydrogens is 371 g/mol. The predicted octanol–water partition coefficient (Wildman–Crippen LogP) is 0.526. The Labute approximate surface area is 157 Å². The molecule has 8 nitrogen and oxygen atoms in total. The number of hydrogen-bond donors (Lipinski definition) is 1. The summed E-state index contributed by atoms with van der Waals surface area (Å²) in [5, 5.41) is 0. The number of hydrogen-bond acceptors (Lipinski definition) is 6. The van der Waals surface area contributed by atoms with Gasteiger partial charge in [0.2, 0.25) is 5.95 Å². The smallest absolute Gasteiger partial charge is 0.225 e. The molecule has 2 heterocycles. The Morgan fingerprint density at radius 3 is 2.37 bits per heavy atom. The lowest BCUT2D eigenvalue weighted by Crippen LogP contribution is -2.51. The summed E-state index contributed by atoms with van der Waals surface area (Å²) in [4.78, 5) is 16.7. The van der Waals surface area contributed by atoms with Gasteiger partial charge in [0, 0.05) is 38.6 Å². The quantitative estimate of drug-likeness (QED) is 0.449. The first-order valence-electron chi connectivity index (χ1n) is 8.51. The molecule has 0 atom stereocenters. The maximum Gasteiger partial charge on any atom is 0.225 e. The molecule has 1 aliphatic rings. The second-order valence-corrected chi connectivity index (χ2v) is 8.14. The fraction of sp³-hybridized carbons (Fsp3) is 0.353. The van der Waals surface area contributed by atoms with Crippen LogP contribution in [0.4, 0.5) is 10.3 Å². The number of guanidine groups is 1. The number of sulfone groups is 1. The minimum Gasteiger partial charge on any atom is -0.370 e. The van der Waals surface area contributed by atoms with E-state index in [-0.39, 0.29) is 17.2 Å². The molecule has 0 amide bonds. The number of nitrogens with zero attached hydrogens (tertiary/aromatic N) is 5. The van der Waals surface area contributed by atoms with Gasteiger partial charge in [-0.05, 0) is 30.3 Å². The zero-order chi connectivity index (χ0) is 19.3. The van der Waals surface area contributed by atoms with E-state index in [9.17, 15) is 12.8 Å². The summed E-state index contributed by atoms with van der Waals surface area (Å²) in [6.45, 7) is 2.76. The van der Waals surface area contributed by atoms with Gasteiger partial charge in [0.15, 0.2) is 15.8 Å². The van der Waals surface area contributed by atoms with E-state index in [0.29, 0.717) is 38.1 Å². The van der Waals surface area contributed by atoms with Crippen molar-refractivity contribution in [2.24, 2.45) is 10.7 Å². The van der Waals surface area contributed by atoms with E-state index >= 15 is 0 Å². The van der Waals surface area contributed by atoms with Crippen LogP contribution in [-0.2, 0) is 9.84 Å². The van der Waals surface area contributed by atoms with E-state index in [4.69, 9.17) is 5.73 Å². The molecule has 0 saturated carbocycles. The Morgan fingerprint density at radius 1 is 1.11 bits per heavy atom. The highest BCUT2D eigenvalue weighted by Gasteiger charge is 2.20. The molecule has 0 unspecified atom stereocenters. The van der Waals surface area contributed by atoms with Crippen LogP contribution in [-0.4, -0.2) is 67.7 Å². The first-order chi connectivity index (χ1) is 13.0. The average molecular weight is 392 g/mol. The molecule has 0 radical (unpaired) electrons. The van der Waals surface area contributed by atoms with Crippen molar-refractivity contribution in [3.8, 4) is 0 Å². The van der Waals surface area contributed by atoms with Gasteiger partial charge in [0.25, 0.3) is 0 Å². The SMILES string of the molecule is NC(=NCCS(=O)(=O)c1ccc(F)cc1)N1CCN(c2ncccn2)CC1. The molecule has 0 aliphatic carbocycles. The number of halogens is 1. The third-order valence-corrected chi connectivity index (χ3v) is 5.96. The van der Waals surface area contributed by atoms with E-state index in [1.54, 1.807) is 18.5 Å². The number of piperazine rings is 1. The fourth-order valence-corrected chi connectivity index (χ4v) is 3.85. The van der Waals surface area contributed by atoms with Crippen molar-refractivity contribution < 1.29 is 12.8 Å². The van der Waals surface area contributed by atoms with Crippen molar-refractivity contribution >= 4 is 21.7 Å². The third kappa shape index (κ3) is 4.91. The first-order valence-corrected chi connectivity index (χ1v) is 10.2. The Hall–Kier alpha value is -2.75. The summed E-state index contributed by atoms with van der Waals surface area (Å²) in [6, 6.07) is 6.52. The van der Waals surface area contributed by atoms with Crippen LogP contribution in [0.3, 0.4) is 0 Å². The van der Waals surface area contributed by atoms with Crippen LogP contribution in [0.1, 0.15) is 0 Å². The predicted molar refractivity (Wildman–Crippen MR) is 101 cm³/mol. The lowest BCUT2D eigenvalue weighted by Gasteiger charge is -2.35. The van der Waals surface area contributed by atoms with Gasteiger partial charge >= 0.3 is 0 Å². The van der Waals surface area contributed by atoms with Crippen molar-refractivity contribution in [1.29, 1.82) is 0 Å². The highest BCUT2D eigenvalue weighted by atomic mass is 32.2. The molecule has 27 heavy (non-hydrogen) atoms. The van der Waals surface area contributed by atoms with Crippen LogP contribution < -0.4 is 10.6 Å². The third-order valence-electron chi connectivity index (χ3n) is 4.25. The summed E-state index contributed by atoms with van der Waals surface area (Å²) in [6.07, 6.45) is 3.40. The topological polar surface area (TPSA) is 105 Å². The van der Waals surface area contributed by atoms with Gasteiger partial charge in [-0.1, -0.05) is 0 Å². The molecule has 3 rings (SSSR count). The largest absolute Gasteiger partial charge is 0.370 e. The molecule has 1 aromatic carbocycles. The van der Waals surface area contributed by atoms with E-state index in [0.717, 1.165) is 12.1 Å². The Balaban J connectivity index is 1.52. The molecule has 1 fully saturated rings. The van der Waals surface area contributed by atoms with Crippen LogP contribution in [0.25, 0.3) is 0 Å². The Bertz CT molecular complexity index is 881. The van der Waals surface area contributed by atoms with Gasteiger partial charge in [-0.3, -0.25) is 4.99 Å². The molecule has 10 heteroatoms. The highest BCUT2D eigenvalue weighted by molar-refractivity contribution is 7.91. The summed E-state index contributed by atoms with van der Waals surface area (Å²) in [7, 11) is -3.52. The Morgan fingerprint density at radius 2 is 1.74 bits per heavy atom. The lowest BCUT2D eigenvalue weighted by atomic mass is 10.3. The second-order valence-electron chi connectivity index (χ2n) is 6.04. The van der Waals surface area contributed by atoms with Crippen LogP contribution >= 0.6 is 0 Å². The van der Waals surface area contributed by atoms with Crippen LogP contribution in [0.5, 0.6) is 0 Å². The first kappa shape index (κ1) is 19.0. The number of anilines is 1. The van der Waals surface area contributed by atoms with E-state index in [1.165, 1.54) is 12.1 Å². The zero-order valence-electron chi connectivity index (χ0n) is 14.7. The van der Waals surface area contributed by atoms with Crippen molar-refractivity contribution in [3.63, 3.8) is 0 Å². The summed E-state index contributed by atoms with van der Waals surface area (Å²) in [5.41, 5.74) is 6.00. The van der Waals surface area contributed by atoms with E-state index in [1.807, 2.05) is 4.90 Å².